The SMILES string of the molecule is CC(C)OCC(=O)Nc1ncc(C#CCN)s1. The van der Waals surface area contributed by atoms with Crippen molar-refractivity contribution in [2.24, 2.45) is 5.73 Å². The van der Waals surface area contributed by atoms with Crippen LogP contribution in [0.2, 0.25) is 0 Å². The summed E-state index contributed by atoms with van der Waals surface area (Å²) in [6, 6.07) is 0. The second-order valence-electron chi connectivity index (χ2n) is 3.44. The van der Waals surface area contributed by atoms with Crippen LogP contribution in [0, 0.1) is 11.8 Å². The van der Waals surface area contributed by atoms with Crippen molar-refractivity contribution in [1.29, 1.82) is 0 Å². The number of nitrogens with one attached hydrogen (secondary N) is 1. The minimum absolute atomic E-state index is 0.0288. The van der Waals surface area contributed by atoms with Crippen molar-refractivity contribution in [3.8, 4) is 11.8 Å². The molecule has 1 aromatic heterocycles. The molecule has 0 saturated heterocycles. The number of thiazole rings is 1. The molecular formula is C11H15N3O2S. The van der Waals surface area contributed by atoms with Crippen LogP contribution in [0.1, 0.15) is 18.7 Å². The van der Waals surface area contributed by atoms with E-state index in [0.29, 0.717) is 11.7 Å². The fourth-order valence-electron chi connectivity index (χ4n) is 0.926. The maximum atomic E-state index is 11.4. The summed E-state index contributed by atoms with van der Waals surface area (Å²) in [6.45, 7) is 4.08. The number of amides is 1. The molecule has 0 atom stereocenters. The molecule has 1 amide bonds. The van der Waals surface area contributed by atoms with Crippen LogP contribution in [0.3, 0.4) is 0 Å². The number of carbonyl (C=O) groups is 1. The van der Waals surface area contributed by atoms with E-state index in [1.807, 2.05) is 13.8 Å². The smallest absolute Gasteiger partial charge is 0.252 e. The molecule has 3 N–H and O–H groups in total. The topological polar surface area (TPSA) is 77.2 Å². The summed E-state index contributed by atoms with van der Waals surface area (Å²) in [5, 5.41) is 3.16. The van der Waals surface area contributed by atoms with Gasteiger partial charge in [0.05, 0.1) is 23.7 Å². The van der Waals surface area contributed by atoms with E-state index < -0.39 is 0 Å². The third kappa shape index (κ3) is 5.45. The monoisotopic (exact) mass is 253 g/mol. The van der Waals surface area contributed by atoms with Gasteiger partial charge in [-0.25, -0.2) is 4.98 Å². The third-order valence-corrected chi connectivity index (χ3v) is 2.44. The second-order valence-corrected chi connectivity index (χ2v) is 4.47. The maximum absolute atomic E-state index is 11.4. The molecule has 0 saturated carbocycles. The Bertz CT molecular complexity index is 431. The van der Waals surface area contributed by atoms with Gasteiger partial charge in [0.2, 0.25) is 0 Å². The first-order chi connectivity index (χ1) is 8.11. The molecule has 0 aliphatic heterocycles. The Morgan fingerprint density at radius 3 is 3.12 bits per heavy atom. The van der Waals surface area contributed by atoms with Crippen LogP contribution in [0.5, 0.6) is 0 Å². The zero-order valence-corrected chi connectivity index (χ0v) is 10.6. The van der Waals surface area contributed by atoms with Crippen LogP contribution in [-0.2, 0) is 9.53 Å². The number of aromatic nitrogens is 1. The Labute approximate surface area is 104 Å². The van der Waals surface area contributed by atoms with Gasteiger partial charge >= 0.3 is 0 Å². The number of nitrogens with two attached hydrogens (primary N) is 1. The molecule has 0 aromatic carbocycles. The van der Waals surface area contributed by atoms with Gasteiger partial charge in [0.25, 0.3) is 5.91 Å². The predicted molar refractivity (Wildman–Crippen MR) is 67.8 cm³/mol. The molecule has 92 valence electrons. The molecule has 0 fully saturated rings. The van der Waals surface area contributed by atoms with Crippen molar-refractivity contribution in [1.82, 2.24) is 4.98 Å². The fourth-order valence-corrected chi connectivity index (χ4v) is 1.63. The maximum Gasteiger partial charge on any atom is 0.252 e. The first-order valence-corrected chi connectivity index (χ1v) is 5.99. The zero-order valence-electron chi connectivity index (χ0n) is 9.82. The second kappa shape index (κ2) is 7.01. The molecule has 6 heteroatoms. The Kier molecular flexibility index (Phi) is 5.63. The number of rotatable bonds is 4. The normalized spacial score (nSPS) is 9.88. The van der Waals surface area contributed by atoms with Gasteiger partial charge in [-0.05, 0) is 13.8 Å². The predicted octanol–water partition coefficient (Wildman–Crippen LogP) is 0.817. The van der Waals surface area contributed by atoms with Gasteiger partial charge in [0, 0.05) is 0 Å². The third-order valence-electron chi connectivity index (χ3n) is 1.61. The lowest BCUT2D eigenvalue weighted by Gasteiger charge is -2.06. The lowest BCUT2D eigenvalue weighted by molar-refractivity contribution is -0.121. The van der Waals surface area contributed by atoms with Gasteiger partial charge in [-0.1, -0.05) is 23.2 Å². The van der Waals surface area contributed by atoms with E-state index in [2.05, 4.69) is 22.1 Å². The van der Waals surface area contributed by atoms with Gasteiger partial charge < -0.3 is 10.5 Å². The van der Waals surface area contributed by atoms with E-state index in [9.17, 15) is 4.79 Å². The molecule has 0 unspecified atom stereocenters. The number of hydrogen-bond donors (Lipinski definition) is 2. The molecule has 1 heterocycles. The van der Waals surface area contributed by atoms with Gasteiger partial charge in [-0.3, -0.25) is 10.1 Å². The van der Waals surface area contributed by atoms with Crippen molar-refractivity contribution in [3.05, 3.63) is 11.1 Å². The minimum Gasteiger partial charge on any atom is -0.369 e. The number of carbonyl (C=O) groups excluding carboxylic acids is 1. The number of nitrogens with zero attached hydrogens (tertiary/aromatic N) is 1. The molecule has 0 spiro atoms. The molecule has 1 rings (SSSR count). The highest BCUT2D eigenvalue weighted by molar-refractivity contribution is 7.16. The fraction of sp³-hybridized carbons (Fsp3) is 0.455. The van der Waals surface area contributed by atoms with E-state index in [1.165, 1.54) is 11.3 Å². The lowest BCUT2D eigenvalue weighted by atomic mass is 10.5. The average molecular weight is 253 g/mol. The first kappa shape index (κ1) is 13.6. The highest BCUT2D eigenvalue weighted by Crippen LogP contribution is 2.16. The van der Waals surface area contributed by atoms with Crippen molar-refractivity contribution < 1.29 is 9.53 Å². The summed E-state index contributed by atoms with van der Waals surface area (Å²) in [5.41, 5.74) is 5.26. The molecule has 17 heavy (non-hydrogen) atoms. The summed E-state index contributed by atoms with van der Waals surface area (Å²) in [6.07, 6.45) is 1.63. The number of hydrogen-bond acceptors (Lipinski definition) is 5. The number of ether oxygens (including phenoxy) is 1. The quantitative estimate of drug-likeness (QED) is 0.779. The Hall–Kier alpha value is -1.42. The first-order valence-electron chi connectivity index (χ1n) is 5.18. The molecule has 5 nitrogen and oxygen atoms in total. The van der Waals surface area contributed by atoms with Gasteiger partial charge in [-0.2, -0.15) is 0 Å². The Morgan fingerprint density at radius 1 is 1.71 bits per heavy atom. The number of anilines is 1. The van der Waals surface area contributed by atoms with E-state index in [-0.39, 0.29) is 18.6 Å². The minimum atomic E-state index is -0.216. The molecule has 0 aliphatic rings. The molecule has 0 aliphatic carbocycles. The summed E-state index contributed by atoms with van der Waals surface area (Å²) in [5.74, 6) is 5.35. The molecule has 0 bridgehead atoms. The van der Waals surface area contributed by atoms with Gasteiger partial charge in [-0.15, -0.1) is 0 Å². The Balaban J connectivity index is 2.46. The van der Waals surface area contributed by atoms with Crippen LogP contribution >= 0.6 is 11.3 Å². The molecule has 0 radical (unpaired) electrons. The summed E-state index contributed by atoms with van der Waals surface area (Å²) in [7, 11) is 0. The average Bonchev–Trinajstić information content (AvgIpc) is 2.71. The van der Waals surface area contributed by atoms with Crippen molar-refractivity contribution in [3.63, 3.8) is 0 Å². The van der Waals surface area contributed by atoms with Crippen LogP contribution in [-0.4, -0.2) is 30.1 Å². The van der Waals surface area contributed by atoms with Crippen LogP contribution in [0.4, 0.5) is 5.13 Å². The molecule has 1 aromatic rings. The van der Waals surface area contributed by atoms with Crippen LogP contribution in [0.25, 0.3) is 0 Å². The van der Waals surface area contributed by atoms with E-state index in [4.69, 9.17) is 10.5 Å². The van der Waals surface area contributed by atoms with Gasteiger partial charge in [0.15, 0.2) is 5.13 Å². The Morgan fingerprint density at radius 2 is 2.47 bits per heavy atom. The summed E-state index contributed by atoms with van der Waals surface area (Å²) >= 11 is 1.31. The zero-order chi connectivity index (χ0) is 12.7. The standard InChI is InChI=1S/C11H15N3O2S/c1-8(2)16-7-10(15)14-11-13-6-9(17-11)4-3-5-12/h6,8H,5,7,12H2,1-2H3,(H,13,14,15). The highest BCUT2D eigenvalue weighted by Gasteiger charge is 2.06. The molecular weight excluding hydrogens is 238 g/mol. The highest BCUT2D eigenvalue weighted by atomic mass is 32.1. The van der Waals surface area contributed by atoms with Crippen molar-refractivity contribution in [2.45, 2.75) is 20.0 Å². The van der Waals surface area contributed by atoms with Crippen LogP contribution < -0.4 is 11.1 Å². The van der Waals surface area contributed by atoms with E-state index in [0.717, 1.165) is 4.88 Å². The van der Waals surface area contributed by atoms with E-state index >= 15 is 0 Å². The van der Waals surface area contributed by atoms with E-state index in [1.54, 1.807) is 6.20 Å². The van der Waals surface area contributed by atoms with Crippen molar-refractivity contribution >= 4 is 22.4 Å². The van der Waals surface area contributed by atoms with Gasteiger partial charge in [0.1, 0.15) is 6.61 Å². The van der Waals surface area contributed by atoms with Crippen LogP contribution in [0.15, 0.2) is 6.20 Å². The lowest BCUT2D eigenvalue weighted by Crippen LogP contribution is -2.20. The largest absolute Gasteiger partial charge is 0.369 e. The summed E-state index contributed by atoms with van der Waals surface area (Å²) < 4.78 is 5.17. The summed E-state index contributed by atoms with van der Waals surface area (Å²) in [4.78, 5) is 16.2. The van der Waals surface area contributed by atoms with Crippen molar-refractivity contribution in [2.75, 3.05) is 18.5 Å².